The molecular formula is C12H26N2S. The van der Waals surface area contributed by atoms with Crippen LogP contribution in [-0.2, 0) is 0 Å². The molecule has 0 bridgehead atoms. The summed E-state index contributed by atoms with van der Waals surface area (Å²) in [6, 6.07) is 1.49. The molecule has 0 radical (unpaired) electrons. The molecule has 0 aromatic carbocycles. The maximum absolute atomic E-state index is 3.72. The fraction of sp³-hybridized carbons (Fsp3) is 1.00. The lowest BCUT2D eigenvalue weighted by Gasteiger charge is -2.35. The normalized spacial score (nSPS) is 30.4. The summed E-state index contributed by atoms with van der Waals surface area (Å²) in [5.74, 6) is 2.07. The first-order valence-corrected chi connectivity index (χ1v) is 7.45. The molecule has 0 aromatic heterocycles. The topological polar surface area (TPSA) is 15.3 Å². The van der Waals surface area contributed by atoms with Gasteiger partial charge in [0.25, 0.3) is 0 Å². The van der Waals surface area contributed by atoms with Crippen molar-refractivity contribution in [2.75, 3.05) is 32.1 Å². The zero-order chi connectivity index (χ0) is 11.3. The Morgan fingerprint density at radius 2 is 2.27 bits per heavy atom. The van der Waals surface area contributed by atoms with Crippen LogP contribution in [0.4, 0.5) is 0 Å². The fourth-order valence-corrected chi connectivity index (χ4v) is 2.87. The molecule has 90 valence electrons. The summed E-state index contributed by atoms with van der Waals surface area (Å²) in [5, 5.41) is 3.72. The van der Waals surface area contributed by atoms with Crippen molar-refractivity contribution in [1.29, 1.82) is 0 Å². The van der Waals surface area contributed by atoms with E-state index >= 15 is 0 Å². The van der Waals surface area contributed by atoms with Gasteiger partial charge in [0.15, 0.2) is 0 Å². The highest BCUT2D eigenvalue weighted by molar-refractivity contribution is 7.98. The Hall–Kier alpha value is 0.270. The van der Waals surface area contributed by atoms with Crippen LogP contribution in [0.5, 0.6) is 0 Å². The Balaban J connectivity index is 2.16. The van der Waals surface area contributed by atoms with Gasteiger partial charge in [-0.2, -0.15) is 11.8 Å². The van der Waals surface area contributed by atoms with Crippen LogP contribution < -0.4 is 5.32 Å². The third kappa shape index (κ3) is 4.75. The maximum Gasteiger partial charge on any atom is 0.00941 e. The molecule has 2 nitrogen and oxygen atoms in total. The molecule has 1 saturated heterocycles. The summed E-state index contributed by atoms with van der Waals surface area (Å²) >= 11 is 1.95. The van der Waals surface area contributed by atoms with E-state index in [1.807, 2.05) is 11.8 Å². The lowest BCUT2D eigenvalue weighted by atomic mass is 9.98. The van der Waals surface area contributed by atoms with Crippen LogP contribution in [0.1, 0.15) is 26.7 Å². The van der Waals surface area contributed by atoms with Gasteiger partial charge in [-0.25, -0.2) is 0 Å². The van der Waals surface area contributed by atoms with Crippen LogP contribution in [0, 0.1) is 5.92 Å². The van der Waals surface area contributed by atoms with E-state index < -0.39 is 0 Å². The van der Waals surface area contributed by atoms with E-state index in [-0.39, 0.29) is 0 Å². The first-order chi connectivity index (χ1) is 7.13. The number of thioether (sulfide) groups is 1. The van der Waals surface area contributed by atoms with Gasteiger partial charge in [-0.05, 0) is 57.8 Å². The highest BCUT2D eigenvalue weighted by Crippen LogP contribution is 2.15. The Morgan fingerprint density at radius 1 is 1.53 bits per heavy atom. The van der Waals surface area contributed by atoms with E-state index in [0.29, 0.717) is 0 Å². The van der Waals surface area contributed by atoms with Crippen LogP contribution in [0.15, 0.2) is 0 Å². The van der Waals surface area contributed by atoms with Crippen LogP contribution in [0.3, 0.4) is 0 Å². The first kappa shape index (κ1) is 13.3. The number of hydrogen-bond donors (Lipinski definition) is 1. The third-order valence-corrected chi connectivity index (χ3v) is 4.32. The summed E-state index contributed by atoms with van der Waals surface area (Å²) in [4.78, 5) is 2.46. The molecule has 3 atom stereocenters. The van der Waals surface area contributed by atoms with Gasteiger partial charge in [0, 0.05) is 12.1 Å². The van der Waals surface area contributed by atoms with Crippen molar-refractivity contribution in [2.45, 2.75) is 38.8 Å². The van der Waals surface area contributed by atoms with Gasteiger partial charge in [-0.3, -0.25) is 0 Å². The lowest BCUT2D eigenvalue weighted by molar-refractivity contribution is 0.167. The van der Waals surface area contributed by atoms with Crippen LogP contribution in [0.25, 0.3) is 0 Å². The van der Waals surface area contributed by atoms with Gasteiger partial charge in [0.05, 0.1) is 0 Å². The highest BCUT2D eigenvalue weighted by atomic mass is 32.2. The van der Waals surface area contributed by atoms with Crippen molar-refractivity contribution >= 4 is 11.8 Å². The molecule has 0 aromatic rings. The second kappa shape index (κ2) is 6.77. The Bertz CT molecular complexity index is 175. The zero-order valence-electron chi connectivity index (χ0n) is 10.6. The molecule has 3 unspecified atom stereocenters. The number of nitrogens with zero attached hydrogens (tertiary/aromatic N) is 1. The number of likely N-dealkylation sites (tertiary alicyclic amines) is 1. The van der Waals surface area contributed by atoms with Crippen molar-refractivity contribution in [3.05, 3.63) is 0 Å². The number of piperidine rings is 1. The molecular weight excluding hydrogens is 204 g/mol. The lowest BCUT2D eigenvalue weighted by Crippen LogP contribution is -2.46. The van der Waals surface area contributed by atoms with E-state index in [4.69, 9.17) is 0 Å². The molecule has 0 spiro atoms. The van der Waals surface area contributed by atoms with Crippen molar-refractivity contribution in [2.24, 2.45) is 5.92 Å². The van der Waals surface area contributed by atoms with Crippen LogP contribution >= 0.6 is 11.8 Å². The van der Waals surface area contributed by atoms with E-state index in [1.54, 1.807) is 0 Å². The van der Waals surface area contributed by atoms with E-state index in [9.17, 15) is 0 Å². The van der Waals surface area contributed by atoms with Crippen molar-refractivity contribution in [3.63, 3.8) is 0 Å². The Morgan fingerprint density at radius 3 is 2.87 bits per heavy atom. The first-order valence-electron chi connectivity index (χ1n) is 6.06. The predicted octanol–water partition coefficient (Wildman–Crippen LogP) is 2.06. The van der Waals surface area contributed by atoms with Crippen molar-refractivity contribution < 1.29 is 0 Å². The smallest absolute Gasteiger partial charge is 0.00941 e. The van der Waals surface area contributed by atoms with Crippen molar-refractivity contribution in [3.8, 4) is 0 Å². The van der Waals surface area contributed by atoms with E-state index in [1.165, 1.54) is 31.7 Å². The van der Waals surface area contributed by atoms with Gasteiger partial charge in [0.1, 0.15) is 0 Å². The summed E-state index contributed by atoms with van der Waals surface area (Å²) in [6.45, 7) is 7.10. The maximum atomic E-state index is 3.72. The SMILES string of the molecule is CSCC(C)CNC1CCN(C)C(C)C1. The molecule has 0 aliphatic carbocycles. The number of hydrogen-bond acceptors (Lipinski definition) is 3. The monoisotopic (exact) mass is 230 g/mol. The quantitative estimate of drug-likeness (QED) is 0.778. The van der Waals surface area contributed by atoms with Crippen molar-refractivity contribution in [1.82, 2.24) is 10.2 Å². The molecule has 3 heteroatoms. The van der Waals surface area contributed by atoms with Crippen LogP contribution in [0.2, 0.25) is 0 Å². The van der Waals surface area contributed by atoms with Gasteiger partial charge in [-0.15, -0.1) is 0 Å². The third-order valence-electron chi connectivity index (χ3n) is 3.41. The number of rotatable bonds is 5. The minimum atomic E-state index is 0.743. The minimum absolute atomic E-state index is 0.743. The summed E-state index contributed by atoms with van der Waals surface area (Å²) in [5.41, 5.74) is 0. The molecule has 0 saturated carbocycles. The molecule has 0 amide bonds. The highest BCUT2D eigenvalue weighted by Gasteiger charge is 2.22. The second-order valence-electron chi connectivity index (χ2n) is 5.02. The average Bonchev–Trinajstić information content (AvgIpc) is 2.20. The Labute approximate surface area is 99.2 Å². The summed E-state index contributed by atoms with van der Waals surface area (Å²) < 4.78 is 0. The summed E-state index contributed by atoms with van der Waals surface area (Å²) in [7, 11) is 2.23. The van der Waals surface area contributed by atoms with Gasteiger partial charge >= 0.3 is 0 Å². The minimum Gasteiger partial charge on any atom is -0.314 e. The number of nitrogens with one attached hydrogen (secondary N) is 1. The van der Waals surface area contributed by atoms with Crippen LogP contribution in [-0.4, -0.2) is 49.1 Å². The molecule has 1 N–H and O–H groups in total. The molecule has 1 fully saturated rings. The van der Waals surface area contributed by atoms with Gasteiger partial charge in [0.2, 0.25) is 0 Å². The molecule has 15 heavy (non-hydrogen) atoms. The summed E-state index contributed by atoms with van der Waals surface area (Å²) in [6.07, 6.45) is 4.81. The molecule has 1 aliphatic heterocycles. The standard InChI is InChI=1S/C12H26N2S/c1-10(9-15-4)8-13-12-5-6-14(3)11(2)7-12/h10-13H,5-9H2,1-4H3. The van der Waals surface area contributed by atoms with Gasteiger partial charge in [-0.1, -0.05) is 6.92 Å². The van der Waals surface area contributed by atoms with E-state index in [0.717, 1.165) is 18.0 Å². The molecule has 1 heterocycles. The second-order valence-corrected chi connectivity index (χ2v) is 5.93. The largest absolute Gasteiger partial charge is 0.314 e. The predicted molar refractivity (Wildman–Crippen MR) is 70.7 cm³/mol. The van der Waals surface area contributed by atoms with E-state index in [2.05, 4.69) is 37.4 Å². The van der Waals surface area contributed by atoms with Gasteiger partial charge < -0.3 is 10.2 Å². The Kier molecular flexibility index (Phi) is 6.02. The fourth-order valence-electron chi connectivity index (χ4n) is 2.19. The average molecular weight is 230 g/mol. The molecule has 1 rings (SSSR count). The zero-order valence-corrected chi connectivity index (χ0v) is 11.4. The molecule has 1 aliphatic rings.